The number of hydrogen-bond donors (Lipinski definition) is 0. The molecular weight excluding hydrogens is 388 g/mol. The number of benzene rings is 1. The highest BCUT2D eigenvalue weighted by atomic mass is 16.7. The number of aryl methyl sites for hydroxylation is 2. The summed E-state index contributed by atoms with van der Waals surface area (Å²) in [5.74, 6) is 0.349. The number of carbonyl (C=O) groups is 2. The Balaban J connectivity index is 1.83. The molecule has 0 aromatic heterocycles. The molecule has 1 aromatic carbocycles. The van der Waals surface area contributed by atoms with Gasteiger partial charge in [0, 0.05) is 18.4 Å². The zero-order valence-electron chi connectivity index (χ0n) is 18.7. The van der Waals surface area contributed by atoms with Gasteiger partial charge in [-0.15, -0.1) is 0 Å². The van der Waals surface area contributed by atoms with Crippen LogP contribution in [0.25, 0.3) is 0 Å². The van der Waals surface area contributed by atoms with Gasteiger partial charge < -0.3 is 19.0 Å². The van der Waals surface area contributed by atoms with Crippen LogP contribution < -0.4 is 4.74 Å². The molecule has 1 saturated heterocycles. The molecule has 1 unspecified atom stereocenters. The van der Waals surface area contributed by atoms with E-state index < -0.39 is 29.3 Å². The van der Waals surface area contributed by atoms with Gasteiger partial charge in [-0.1, -0.05) is 5.16 Å². The first-order chi connectivity index (χ1) is 14.0. The summed E-state index contributed by atoms with van der Waals surface area (Å²) >= 11 is 0. The predicted octanol–water partition coefficient (Wildman–Crippen LogP) is 3.36. The van der Waals surface area contributed by atoms with Crippen LogP contribution in [0.4, 0.5) is 4.79 Å². The summed E-state index contributed by atoms with van der Waals surface area (Å²) in [6, 6.07) is 3.23. The van der Waals surface area contributed by atoms with Crippen molar-refractivity contribution >= 4 is 17.8 Å². The van der Waals surface area contributed by atoms with E-state index in [9.17, 15) is 9.59 Å². The molecule has 0 saturated carbocycles. The minimum Gasteiger partial charge on any atom is -0.496 e. The van der Waals surface area contributed by atoms with Gasteiger partial charge in [0.1, 0.15) is 17.4 Å². The molecule has 2 heterocycles. The molecule has 0 aliphatic carbocycles. The highest BCUT2D eigenvalue weighted by Gasteiger charge is 2.55. The van der Waals surface area contributed by atoms with Crippen molar-refractivity contribution in [3.8, 4) is 5.75 Å². The van der Waals surface area contributed by atoms with Crippen molar-refractivity contribution in [2.75, 3.05) is 20.8 Å². The van der Waals surface area contributed by atoms with Gasteiger partial charge in [-0.05, 0) is 57.9 Å². The molecule has 1 fully saturated rings. The number of hydrogen-bond acceptors (Lipinski definition) is 7. The summed E-state index contributed by atoms with van der Waals surface area (Å²) in [6.45, 7) is 9.51. The van der Waals surface area contributed by atoms with E-state index in [-0.39, 0.29) is 6.54 Å². The van der Waals surface area contributed by atoms with Crippen LogP contribution >= 0.6 is 0 Å². The number of carbonyl (C=O) groups excluding carboxylic acids is 2. The maximum Gasteiger partial charge on any atom is 0.411 e. The maximum atomic E-state index is 12.7. The van der Waals surface area contributed by atoms with Gasteiger partial charge in [-0.3, -0.25) is 4.90 Å². The average molecular weight is 418 g/mol. The third kappa shape index (κ3) is 4.22. The Morgan fingerprint density at radius 3 is 2.37 bits per heavy atom. The summed E-state index contributed by atoms with van der Waals surface area (Å²) in [6.07, 6.45) is 0.202. The first kappa shape index (κ1) is 21.9. The second kappa shape index (κ2) is 7.81. The Kier molecular flexibility index (Phi) is 5.71. The molecule has 2 atom stereocenters. The van der Waals surface area contributed by atoms with E-state index in [1.54, 1.807) is 27.9 Å². The maximum absolute atomic E-state index is 12.7. The molecule has 3 rings (SSSR count). The Morgan fingerprint density at radius 2 is 1.83 bits per heavy atom. The van der Waals surface area contributed by atoms with Crippen molar-refractivity contribution in [1.29, 1.82) is 0 Å². The van der Waals surface area contributed by atoms with Crippen LogP contribution in [0.15, 0.2) is 17.3 Å². The molecule has 0 radical (unpaired) electrons. The van der Waals surface area contributed by atoms with E-state index >= 15 is 0 Å². The number of oxime groups is 1. The highest BCUT2D eigenvalue weighted by Crippen LogP contribution is 2.40. The standard InChI is InChI=1S/C22H30N2O6/c1-13-8-15(9-14(2)18(13)27-6)16-10-22(30-23-16)11-17(19(25)28-7)24(12-22)20(26)29-21(3,4)5/h8-9,17H,10-12H2,1-7H3/t17-,22?/m0/s1. The molecule has 1 aromatic rings. The van der Waals surface area contributed by atoms with Gasteiger partial charge in [0.15, 0.2) is 5.60 Å². The smallest absolute Gasteiger partial charge is 0.411 e. The fourth-order valence-corrected chi connectivity index (χ4v) is 4.12. The second-order valence-electron chi connectivity index (χ2n) is 8.98. The summed E-state index contributed by atoms with van der Waals surface area (Å²) < 4.78 is 15.8. The Labute approximate surface area is 177 Å². The van der Waals surface area contributed by atoms with Gasteiger partial charge in [0.25, 0.3) is 0 Å². The lowest BCUT2D eigenvalue weighted by Crippen LogP contribution is -2.44. The first-order valence-corrected chi connectivity index (χ1v) is 9.97. The zero-order chi connectivity index (χ0) is 22.3. The topological polar surface area (TPSA) is 86.7 Å². The lowest BCUT2D eigenvalue weighted by Gasteiger charge is -2.27. The molecule has 2 aliphatic heterocycles. The average Bonchev–Trinajstić information content (AvgIpc) is 3.24. The highest BCUT2D eigenvalue weighted by molar-refractivity contribution is 6.02. The van der Waals surface area contributed by atoms with E-state index in [0.717, 1.165) is 28.2 Å². The number of rotatable bonds is 3. The van der Waals surface area contributed by atoms with Gasteiger partial charge >= 0.3 is 12.1 Å². The van der Waals surface area contributed by atoms with Crippen molar-refractivity contribution in [2.24, 2.45) is 5.16 Å². The normalized spacial score (nSPS) is 23.2. The third-order valence-corrected chi connectivity index (χ3v) is 5.34. The quantitative estimate of drug-likeness (QED) is 0.700. The summed E-state index contributed by atoms with van der Waals surface area (Å²) in [4.78, 5) is 32.3. The van der Waals surface area contributed by atoms with Crippen LogP contribution in [-0.2, 0) is 19.1 Å². The van der Waals surface area contributed by atoms with Crippen LogP contribution in [0.3, 0.4) is 0 Å². The molecule has 1 spiro atoms. The second-order valence-corrected chi connectivity index (χ2v) is 8.98. The first-order valence-electron chi connectivity index (χ1n) is 9.97. The molecule has 0 N–H and O–H groups in total. The number of amides is 1. The van der Waals surface area contributed by atoms with Gasteiger partial charge in [0.2, 0.25) is 0 Å². The van der Waals surface area contributed by atoms with Crippen LogP contribution in [0.2, 0.25) is 0 Å². The molecule has 8 heteroatoms. The third-order valence-electron chi connectivity index (χ3n) is 5.34. The van der Waals surface area contributed by atoms with Crippen LogP contribution in [-0.4, -0.2) is 60.7 Å². The fourth-order valence-electron chi connectivity index (χ4n) is 4.12. The largest absolute Gasteiger partial charge is 0.496 e. The molecule has 1 amide bonds. The number of ether oxygens (including phenoxy) is 3. The number of methoxy groups -OCH3 is 2. The van der Waals surface area contributed by atoms with Crippen LogP contribution in [0, 0.1) is 13.8 Å². The zero-order valence-corrected chi connectivity index (χ0v) is 18.7. The van der Waals surface area contributed by atoms with E-state index in [2.05, 4.69) is 5.16 Å². The van der Waals surface area contributed by atoms with E-state index in [4.69, 9.17) is 19.0 Å². The van der Waals surface area contributed by atoms with Crippen molar-refractivity contribution < 1.29 is 28.6 Å². The number of nitrogens with zero attached hydrogens (tertiary/aromatic N) is 2. The minimum absolute atomic E-state index is 0.197. The molecule has 0 bridgehead atoms. The predicted molar refractivity (Wildman–Crippen MR) is 111 cm³/mol. The van der Waals surface area contributed by atoms with Crippen molar-refractivity contribution in [1.82, 2.24) is 4.90 Å². The van der Waals surface area contributed by atoms with Gasteiger partial charge in [-0.25, -0.2) is 9.59 Å². The van der Waals surface area contributed by atoms with Crippen LogP contribution in [0.1, 0.15) is 50.3 Å². The number of esters is 1. The van der Waals surface area contributed by atoms with Gasteiger partial charge in [-0.2, -0.15) is 0 Å². The van der Waals surface area contributed by atoms with E-state index in [0.29, 0.717) is 12.8 Å². The summed E-state index contributed by atoms with van der Waals surface area (Å²) in [5.41, 5.74) is 2.26. The Bertz CT molecular complexity index is 865. The molecule has 2 aliphatic rings. The van der Waals surface area contributed by atoms with Crippen molar-refractivity contribution in [2.45, 2.75) is 64.7 Å². The summed E-state index contributed by atoms with van der Waals surface area (Å²) in [7, 11) is 2.96. The lowest BCUT2D eigenvalue weighted by atomic mass is 9.90. The molecular formula is C22H30N2O6. The van der Waals surface area contributed by atoms with Crippen LogP contribution in [0.5, 0.6) is 5.75 Å². The SMILES string of the molecule is COC(=O)[C@@H]1CC2(CC(c3cc(C)c(OC)c(C)c3)=NO2)CN1C(=O)OC(C)(C)C. The molecule has 30 heavy (non-hydrogen) atoms. The van der Waals surface area contributed by atoms with Gasteiger partial charge in [0.05, 0.1) is 26.5 Å². The number of likely N-dealkylation sites (tertiary alicyclic amines) is 1. The monoisotopic (exact) mass is 418 g/mol. The van der Waals surface area contributed by atoms with Crippen molar-refractivity contribution in [3.63, 3.8) is 0 Å². The molecule has 8 nitrogen and oxygen atoms in total. The Hall–Kier alpha value is -2.77. The minimum atomic E-state index is -0.785. The molecule has 164 valence electrons. The summed E-state index contributed by atoms with van der Waals surface area (Å²) in [5, 5.41) is 4.31. The Morgan fingerprint density at radius 1 is 1.20 bits per heavy atom. The fraction of sp³-hybridized carbons (Fsp3) is 0.591. The van der Waals surface area contributed by atoms with Crippen molar-refractivity contribution in [3.05, 3.63) is 28.8 Å². The van der Waals surface area contributed by atoms with E-state index in [1.807, 2.05) is 26.0 Å². The van der Waals surface area contributed by atoms with E-state index in [1.165, 1.54) is 12.0 Å². The lowest BCUT2D eigenvalue weighted by molar-refractivity contribution is -0.145.